The Bertz CT molecular complexity index is 748. The predicted molar refractivity (Wildman–Crippen MR) is 98.1 cm³/mol. The summed E-state index contributed by atoms with van der Waals surface area (Å²) < 4.78 is 11.1. The Labute approximate surface area is 160 Å². The number of methoxy groups -OCH3 is 1. The zero-order valence-corrected chi connectivity index (χ0v) is 15.6. The van der Waals surface area contributed by atoms with Crippen LogP contribution < -0.4 is 14.8 Å². The first-order chi connectivity index (χ1) is 11.9. The minimum Gasteiger partial charge on any atom is -0.493 e. The van der Waals surface area contributed by atoms with Gasteiger partial charge in [0.05, 0.1) is 13.7 Å². The van der Waals surface area contributed by atoms with E-state index in [2.05, 4.69) is 5.32 Å². The Kier molecular flexibility index (Phi) is 7.20. The van der Waals surface area contributed by atoms with Crippen molar-refractivity contribution in [1.82, 2.24) is 5.32 Å². The third-order valence-corrected chi connectivity index (χ3v) is 4.42. The number of benzene rings is 2. The number of rotatable bonds is 8. The molecule has 2 aromatic carbocycles. The average Bonchev–Trinajstić information content (AvgIpc) is 2.55. The molecule has 0 amide bonds. The number of aliphatic carboxylic acids is 1. The molecule has 0 fully saturated rings. The summed E-state index contributed by atoms with van der Waals surface area (Å²) in [5.41, 5.74) is 1.36. The smallest absolute Gasteiger partial charge is 0.317 e. The van der Waals surface area contributed by atoms with E-state index < -0.39 is 5.97 Å². The van der Waals surface area contributed by atoms with Crippen LogP contribution >= 0.6 is 34.8 Å². The summed E-state index contributed by atoms with van der Waals surface area (Å²) in [5, 5.41) is 12.9. The van der Waals surface area contributed by atoms with Crippen LogP contribution in [0.3, 0.4) is 0 Å². The largest absolute Gasteiger partial charge is 0.493 e. The van der Waals surface area contributed by atoms with Gasteiger partial charge in [-0.2, -0.15) is 0 Å². The fourth-order valence-corrected chi connectivity index (χ4v) is 2.84. The molecule has 5 nitrogen and oxygen atoms in total. The highest BCUT2D eigenvalue weighted by Gasteiger charge is 2.13. The van der Waals surface area contributed by atoms with E-state index in [1.807, 2.05) is 0 Å². The van der Waals surface area contributed by atoms with Gasteiger partial charge in [0.25, 0.3) is 0 Å². The third-order valence-electron chi connectivity index (χ3n) is 3.36. The van der Waals surface area contributed by atoms with E-state index in [0.717, 1.165) is 0 Å². The number of halogens is 3. The molecule has 2 N–H and O–H groups in total. The van der Waals surface area contributed by atoms with E-state index in [9.17, 15) is 4.79 Å². The van der Waals surface area contributed by atoms with E-state index in [4.69, 9.17) is 49.4 Å². The van der Waals surface area contributed by atoms with Crippen LogP contribution in [0.5, 0.6) is 11.5 Å². The van der Waals surface area contributed by atoms with Gasteiger partial charge in [-0.25, -0.2) is 0 Å². The van der Waals surface area contributed by atoms with Crippen molar-refractivity contribution in [3.8, 4) is 11.5 Å². The van der Waals surface area contributed by atoms with Gasteiger partial charge in [0.15, 0.2) is 11.5 Å². The molecule has 0 aromatic heterocycles. The van der Waals surface area contributed by atoms with Crippen LogP contribution in [0.2, 0.25) is 15.1 Å². The molecule has 0 bridgehead atoms. The van der Waals surface area contributed by atoms with E-state index in [0.29, 0.717) is 37.7 Å². The number of carboxylic acids is 1. The third kappa shape index (κ3) is 5.41. The Morgan fingerprint density at radius 3 is 2.40 bits per heavy atom. The molecule has 0 saturated carbocycles. The minimum atomic E-state index is -0.945. The van der Waals surface area contributed by atoms with Crippen LogP contribution in [0.1, 0.15) is 11.1 Å². The van der Waals surface area contributed by atoms with Gasteiger partial charge in [-0.05, 0) is 23.8 Å². The summed E-state index contributed by atoms with van der Waals surface area (Å²) >= 11 is 18.5. The average molecular weight is 405 g/mol. The van der Waals surface area contributed by atoms with E-state index in [1.54, 1.807) is 30.3 Å². The molecular formula is C17H16Cl3NO4. The summed E-state index contributed by atoms with van der Waals surface area (Å²) in [7, 11) is 1.51. The Hall–Kier alpha value is -1.66. The van der Waals surface area contributed by atoms with Crippen molar-refractivity contribution >= 4 is 40.8 Å². The van der Waals surface area contributed by atoms with Crippen molar-refractivity contribution in [3.05, 3.63) is 56.5 Å². The summed E-state index contributed by atoms with van der Waals surface area (Å²) in [6.45, 7) is 0.280. The van der Waals surface area contributed by atoms with Crippen molar-refractivity contribution in [1.29, 1.82) is 0 Å². The Morgan fingerprint density at radius 2 is 1.80 bits per heavy atom. The zero-order valence-electron chi connectivity index (χ0n) is 13.3. The standard InChI is InChI=1S/C17H16Cl3NO4/c1-24-15-5-10(7-21-8-17(22)23)14(20)6-16(15)25-9-11-12(18)3-2-4-13(11)19/h2-6,21H,7-9H2,1H3,(H,22,23). The first-order valence-electron chi connectivity index (χ1n) is 7.27. The molecule has 0 unspecified atom stereocenters. The summed E-state index contributed by atoms with van der Waals surface area (Å²) in [5.74, 6) is -0.0372. The van der Waals surface area contributed by atoms with Crippen molar-refractivity contribution in [2.45, 2.75) is 13.2 Å². The van der Waals surface area contributed by atoms with Crippen molar-refractivity contribution in [2.75, 3.05) is 13.7 Å². The van der Waals surface area contributed by atoms with Crippen molar-refractivity contribution in [3.63, 3.8) is 0 Å². The SMILES string of the molecule is COc1cc(CNCC(=O)O)c(Cl)cc1OCc1c(Cl)cccc1Cl. The highest BCUT2D eigenvalue weighted by molar-refractivity contribution is 6.36. The van der Waals surface area contributed by atoms with Crippen LogP contribution in [0.15, 0.2) is 30.3 Å². The number of nitrogens with one attached hydrogen (secondary N) is 1. The molecule has 25 heavy (non-hydrogen) atoms. The molecule has 8 heteroatoms. The van der Waals surface area contributed by atoms with Gasteiger partial charge in [0, 0.05) is 33.2 Å². The van der Waals surface area contributed by atoms with Gasteiger partial charge in [0.2, 0.25) is 0 Å². The van der Waals surface area contributed by atoms with Crippen LogP contribution in [-0.4, -0.2) is 24.7 Å². The van der Waals surface area contributed by atoms with Gasteiger partial charge in [-0.3, -0.25) is 4.79 Å². The van der Waals surface area contributed by atoms with Gasteiger partial charge >= 0.3 is 5.97 Å². The van der Waals surface area contributed by atoms with Crippen LogP contribution in [0.4, 0.5) is 0 Å². The second-order valence-electron chi connectivity index (χ2n) is 5.08. The summed E-state index contributed by atoms with van der Waals surface area (Å²) in [4.78, 5) is 10.6. The second-order valence-corrected chi connectivity index (χ2v) is 6.30. The number of carboxylic acid groups (broad SMARTS) is 1. The predicted octanol–water partition coefficient (Wildman–Crippen LogP) is 4.41. The van der Waals surface area contributed by atoms with Gasteiger partial charge in [0.1, 0.15) is 6.61 Å². The zero-order chi connectivity index (χ0) is 18.4. The van der Waals surface area contributed by atoms with Gasteiger partial charge in [-0.1, -0.05) is 40.9 Å². The molecule has 0 aliphatic carbocycles. The number of hydrogen-bond donors (Lipinski definition) is 2. The quantitative estimate of drug-likeness (QED) is 0.682. The van der Waals surface area contributed by atoms with Gasteiger partial charge < -0.3 is 19.9 Å². The maximum Gasteiger partial charge on any atom is 0.317 e. The maximum atomic E-state index is 10.6. The van der Waals surface area contributed by atoms with Crippen LogP contribution in [0, 0.1) is 0 Å². The summed E-state index contributed by atoms with van der Waals surface area (Å²) in [6.07, 6.45) is 0. The molecule has 0 spiro atoms. The highest BCUT2D eigenvalue weighted by Crippen LogP contribution is 2.35. The minimum absolute atomic E-state index is 0.155. The lowest BCUT2D eigenvalue weighted by Gasteiger charge is -2.15. The van der Waals surface area contributed by atoms with Crippen molar-refractivity contribution in [2.24, 2.45) is 0 Å². The first-order valence-corrected chi connectivity index (χ1v) is 8.40. The topological polar surface area (TPSA) is 67.8 Å². The van der Waals surface area contributed by atoms with E-state index in [1.165, 1.54) is 7.11 Å². The fraction of sp³-hybridized carbons (Fsp3) is 0.235. The van der Waals surface area contributed by atoms with Gasteiger partial charge in [-0.15, -0.1) is 0 Å². The molecule has 134 valence electrons. The fourth-order valence-electron chi connectivity index (χ4n) is 2.11. The normalized spacial score (nSPS) is 10.6. The maximum absolute atomic E-state index is 10.6. The lowest BCUT2D eigenvalue weighted by atomic mass is 10.2. The molecule has 0 atom stereocenters. The molecule has 2 rings (SSSR count). The molecule has 0 saturated heterocycles. The molecule has 0 heterocycles. The molecular weight excluding hydrogens is 389 g/mol. The monoisotopic (exact) mass is 403 g/mol. The molecule has 2 aromatic rings. The summed E-state index contributed by atoms with van der Waals surface area (Å²) in [6, 6.07) is 8.52. The lowest BCUT2D eigenvalue weighted by Crippen LogP contribution is -2.22. The number of carbonyl (C=O) groups is 1. The van der Waals surface area contributed by atoms with Crippen LogP contribution in [-0.2, 0) is 17.9 Å². The second kappa shape index (κ2) is 9.15. The Morgan fingerprint density at radius 1 is 1.12 bits per heavy atom. The highest BCUT2D eigenvalue weighted by atomic mass is 35.5. The van der Waals surface area contributed by atoms with Crippen LogP contribution in [0.25, 0.3) is 0 Å². The van der Waals surface area contributed by atoms with E-state index in [-0.39, 0.29) is 19.7 Å². The molecule has 0 radical (unpaired) electrons. The Balaban J connectivity index is 2.15. The van der Waals surface area contributed by atoms with Crippen molar-refractivity contribution < 1.29 is 19.4 Å². The van der Waals surface area contributed by atoms with E-state index >= 15 is 0 Å². The number of hydrogen-bond acceptors (Lipinski definition) is 4. The molecule has 0 aliphatic heterocycles. The number of ether oxygens (including phenoxy) is 2. The first kappa shape index (κ1) is 19.7. The lowest BCUT2D eigenvalue weighted by molar-refractivity contribution is -0.135. The molecule has 0 aliphatic rings.